The lowest BCUT2D eigenvalue weighted by Gasteiger charge is -2.24. The van der Waals surface area contributed by atoms with Crippen LogP contribution < -0.4 is 5.01 Å². The summed E-state index contributed by atoms with van der Waals surface area (Å²) in [6, 6.07) is 7.94. The SMILES string of the molecule is CC1=NN(c2ccc(C(=O)N3CCCC3c3cnn(C)c3)cc2)CC1. The molecular weight excluding hydrogens is 314 g/mol. The molecule has 1 aromatic carbocycles. The average Bonchev–Trinajstić information content (AvgIpc) is 3.34. The quantitative estimate of drug-likeness (QED) is 0.865. The fourth-order valence-corrected chi connectivity index (χ4v) is 3.67. The summed E-state index contributed by atoms with van der Waals surface area (Å²) in [6.07, 6.45) is 6.91. The van der Waals surface area contributed by atoms with Crippen molar-refractivity contribution < 1.29 is 4.79 Å². The van der Waals surface area contributed by atoms with Gasteiger partial charge in [0, 0.05) is 49.6 Å². The largest absolute Gasteiger partial charge is 0.331 e. The highest BCUT2D eigenvalue weighted by Gasteiger charge is 2.31. The Hall–Kier alpha value is -2.63. The van der Waals surface area contributed by atoms with Crippen molar-refractivity contribution in [1.82, 2.24) is 14.7 Å². The number of anilines is 1. The lowest BCUT2D eigenvalue weighted by atomic mass is 10.1. The molecule has 6 nitrogen and oxygen atoms in total. The molecule has 2 aliphatic heterocycles. The molecule has 2 aromatic rings. The molecule has 1 amide bonds. The molecule has 1 fully saturated rings. The number of benzene rings is 1. The van der Waals surface area contributed by atoms with Gasteiger partial charge in [-0.3, -0.25) is 14.5 Å². The molecule has 130 valence electrons. The Morgan fingerprint density at radius 2 is 2.00 bits per heavy atom. The van der Waals surface area contributed by atoms with E-state index in [-0.39, 0.29) is 11.9 Å². The second-order valence-corrected chi connectivity index (χ2v) is 6.86. The number of carbonyl (C=O) groups excluding carboxylic acids is 1. The highest BCUT2D eigenvalue weighted by molar-refractivity contribution is 5.95. The summed E-state index contributed by atoms with van der Waals surface area (Å²) in [5.74, 6) is 0.0963. The maximum atomic E-state index is 13.0. The van der Waals surface area contributed by atoms with Crippen molar-refractivity contribution in [3.63, 3.8) is 0 Å². The van der Waals surface area contributed by atoms with Crippen LogP contribution in [0.25, 0.3) is 0 Å². The number of nitrogens with zero attached hydrogens (tertiary/aromatic N) is 5. The van der Waals surface area contributed by atoms with E-state index < -0.39 is 0 Å². The molecule has 2 aliphatic rings. The Morgan fingerprint density at radius 3 is 2.64 bits per heavy atom. The monoisotopic (exact) mass is 337 g/mol. The van der Waals surface area contributed by atoms with Gasteiger partial charge in [0.05, 0.1) is 17.9 Å². The zero-order valence-corrected chi connectivity index (χ0v) is 14.7. The van der Waals surface area contributed by atoms with Gasteiger partial charge in [-0.05, 0) is 44.0 Å². The van der Waals surface area contributed by atoms with Crippen LogP contribution in [-0.2, 0) is 7.05 Å². The van der Waals surface area contributed by atoms with Crippen LogP contribution in [0.3, 0.4) is 0 Å². The number of rotatable bonds is 3. The number of amides is 1. The Labute approximate surface area is 147 Å². The molecule has 1 aromatic heterocycles. The molecule has 25 heavy (non-hydrogen) atoms. The molecule has 6 heteroatoms. The lowest BCUT2D eigenvalue weighted by Crippen LogP contribution is -2.30. The van der Waals surface area contributed by atoms with Crippen molar-refractivity contribution in [2.45, 2.75) is 32.2 Å². The molecule has 4 rings (SSSR count). The fourth-order valence-electron chi connectivity index (χ4n) is 3.67. The van der Waals surface area contributed by atoms with Crippen molar-refractivity contribution in [1.29, 1.82) is 0 Å². The van der Waals surface area contributed by atoms with E-state index in [0.29, 0.717) is 0 Å². The number of aromatic nitrogens is 2. The Balaban J connectivity index is 1.52. The van der Waals surface area contributed by atoms with Crippen molar-refractivity contribution in [2.24, 2.45) is 12.1 Å². The van der Waals surface area contributed by atoms with Gasteiger partial charge in [0.25, 0.3) is 5.91 Å². The summed E-state index contributed by atoms with van der Waals surface area (Å²) in [5, 5.41) is 10.8. The van der Waals surface area contributed by atoms with E-state index in [1.807, 2.05) is 60.5 Å². The van der Waals surface area contributed by atoms with Gasteiger partial charge in [0.1, 0.15) is 0 Å². The molecule has 0 saturated carbocycles. The van der Waals surface area contributed by atoms with E-state index in [1.54, 1.807) is 4.68 Å². The van der Waals surface area contributed by atoms with Crippen LogP contribution in [-0.4, -0.2) is 39.4 Å². The van der Waals surface area contributed by atoms with Gasteiger partial charge in [-0.1, -0.05) is 0 Å². The van der Waals surface area contributed by atoms with Crippen LogP contribution in [0.4, 0.5) is 5.69 Å². The molecule has 0 aliphatic carbocycles. The number of hydrazone groups is 1. The molecule has 1 unspecified atom stereocenters. The van der Waals surface area contributed by atoms with Crippen molar-refractivity contribution >= 4 is 17.3 Å². The number of hydrogen-bond acceptors (Lipinski definition) is 4. The van der Waals surface area contributed by atoms with Gasteiger partial charge >= 0.3 is 0 Å². The molecule has 3 heterocycles. The normalized spacial score (nSPS) is 20.2. The first-order chi connectivity index (χ1) is 12.1. The number of likely N-dealkylation sites (tertiary alicyclic amines) is 1. The molecule has 0 N–H and O–H groups in total. The molecule has 0 bridgehead atoms. The van der Waals surface area contributed by atoms with Crippen molar-refractivity contribution in [2.75, 3.05) is 18.1 Å². The third-order valence-electron chi connectivity index (χ3n) is 5.01. The highest BCUT2D eigenvalue weighted by Crippen LogP contribution is 2.33. The van der Waals surface area contributed by atoms with E-state index >= 15 is 0 Å². The van der Waals surface area contributed by atoms with Crippen LogP contribution in [0.1, 0.15) is 48.1 Å². The van der Waals surface area contributed by atoms with Crippen LogP contribution in [0.15, 0.2) is 41.8 Å². The third-order valence-corrected chi connectivity index (χ3v) is 5.01. The summed E-state index contributed by atoms with van der Waals surface area (Å²) < 4.78 is 1.80. The van der Waals surface area contributed by atoms with Crippen LogP contribution >= 0.6 is 0 Å². The topological polar surface area (TPSA) is 53.7 Å². The summed E-state index contributed by atoms with van der Waals surface area (Å²) >= 11 is 0. The first-order valence-corrected chi connectivity index (χ1v) is 8.83. The van der Waals surface area contributed by atoms with Crippen molar-refractivity contribution in [3.8, 4) is 0 Å². The maximum absolute atomic E-state index is 13.0. The predicted octanol–water partition coefficient (Wildman–Crippen LogP) is 2.98. The van der Waals surface area contributed by atoms with Gasteiger partial charge in [0.15, 0.2) is 0 Å². The van der Waals surface area contributed by atoms with Gasteiger partial charge in [-0.2, -0.15) is 10.2 Å². The first-order valence-electron chi connectivity index (χ1n) is 8.83. The van der Waals surface area contributed by atoms with Gasteiger partial charge in [0.2, 0.25) is 0 Å². The van der Waals surface area contributed by atoms with Gasteiger partial charge in [-0.25, -0.2) is 0 Å². The third kappa shape index (κ3) is 3.04. The Bertz CT molecular complexity index is 807. The van der Waals surface area contributed by atoms with Crippen LogP contribution in [0, 0.1) is 0 Å². The molecule has 0 radical (unpaired) electrons. The van der Waals surface area contributed by atoms with Crippen LogP contribution in [0.5, 0.6) is 0 Å². The standard InChI is InChI=1S/C19H23N5O/c1-14-9-11-24(21-14)17-7-5-15(6-8-17)19(25)23-10-3-4-18(23)16-12-20-22(2)13-16/h5-8,12-13,18H,3-4,9-11H2,1-2H3. The van der Waals surface area contributed by atoms with E-state index in [4.69, 9.17) is 0 Å². The average molecular weight is 337 g/mol. The number of carbonyl (C=O) groups is 1. The molecule has 1 saturated heterocycles. The summed E-state index contributed by atoms with van der Waals surface area (Å²) in [5.41, 5.74) is 4.04. The van der Waals surface area contributed by atoms with E-state index in [1.165, 1.54) is 0 Å². The summed E-state index contributed by atoms with van der Waals surface area (Å²) in [6.45, 7) is 3.76. The van der Waals surface area contributed by atoms with Crippen LogP contribution in [0.2, 0.25) is 0 Å². The second-order valence-electron chi connectivity index (χ2n) is 6.86. The zero-order chi connectivity index (χ0) is 17.4. The van der Waals surface area contributed by atoms with Gasteiger partial charge in [-0.15, -0.1) is 0 Å². The van der Waals surface area contributed by atoms with Crippen molar-refractivity contribution in [3.05, 3.63) is 47.8 Å². The first kappa shape index (κ1) is 15.9. The minimum absolute atomic E-state index is 0.0963. The van der Waals surface area contributed by atoms with E-state index in [2.05, 4.69) is 10.2 Å². The van der Waals surface area contributed by atoms with E-state index in [9.17, 15) is 4.79 Å². The zero-order valence-electron chi connectivity index (χ0n) is 14.7. The number of hydrogen-bond donors (Lipinski definition) is 0. The van der Waals surface area contributed by atoms with E-state index in [0.717, 1.165) is 54.9 Å². The Kier molecular flexibility index (Phi) is 4.03. The fraction of sp³-hybridized carbons (Fsp3) is 0.421. The molecule has 0 spiro atoms. The van der Waals surface area contributed by atoms with Gasteiger partial charge < -0.3 is 4.90 Å². The maximum Gasteiger partial charge on any atom is 0.254 e. The predicted molar refractivity (Wildman–Crippen MR) is 97.7 cm³/mol. The highest BCUT2D eigenvalue weighted by atomic mass is 16.2. The molecule has 1 atom stereocenters. The Morgan fingerprint density at radius 1 is 1.20 bits per heavy atom. The number of aryl methyl sites for hydroxylation is 1. The summed E-state index contributed by atoms with van der Waals surface area (Å²) in [4.78, 5) is 15.0. The molecular formula is C19H23N5O. The minimum Gasteiger partial charge on any atom is -0.331 e. The smallest absolute Gasteiger partial charge is 0.254 e. The minimum atomic E-state index is 0.0963. The lowest BCUT2D eigenvalue weighted by molar-refractivity contribution is 0.0735. The summed E-state index contributed by atoms with van der Waals surface area (Å²) in [7, 11) is 1.91. The second kappa shape index (κ2) is 6.35.